The molecule has 1 rings (SSSR count). The number of nitrogens with zero attached hydrogens (tertiary/aromatic N) is 1. The number of carbonyl (C=O) groups excluding carboxylic acids is 3. The second kappa shape index (κ2) is 4.16. The van der Waals surface area contributed by atoms with E-state index in [0.717, 1.165) is 0 Å². The highest BCUT2D eigenvalue weighted by Gasteiger charge is 2.20. The van der Waals surface area contributed by atoms with E-state index < -0.39 is 0 Å². The number of hydrogen-bond donors (Lipinski definition) is 0. The Morgan fingerprint density at radius 2 is 1.85 bits per heavy atom. The Morgan fingerprint density at radius 1 is 1.31 bits per heavy atom. The van der Waals surface area contributed by atoms with Crippen molar-refractivity contribution in [1.29, 1.82) is 0 Å². The molecule has 4 heteroatoms. The molecule has 1 fully saturated rings. The lowest BCUT2D eigenvalue weighted by molar-refractivity contribution is -0.136. The quantitative estimate of drug-likeness (QED) is 0.573. The maximum absolute atomic E-state index is 11.3. The highest BCUT2D eigenvalue weighted by atomic mass is 16.2. The van der Waals surface area contributed by atoms with E-state index in [-0.39, 0.29) is 23.9 Å². The van der Waals surface area contributed by atoms with Gasteiger partial charge < -0.3 is 4.90 Å². The fourth-order valence-electron chi connectivity index (χ4n) is 1.33. The van der Waals surface area contributed by atoms with Crippen molar-refractivity contribution in [1.82, 2.24) is 4.90 Å². The fraction of sp³-hybridized carbons (Fsp3) is 0.667. The van der Waals surface area contributed by atoms with Crippen LogP contribution < -0.4 is 0 Å². The van der Waals surface area contributed by atoms with E-state index in [1.54, 1.807) is 4.90 Å². The van der Waals surface area contributed by atoms with Crippen LogP contribution in [0.2, 0.25) is 0 Å². The molecule has 0 atom stereocenters. The second-order valence-electron chi connectivity index (χ2n) is 3.30. The van der Waals surface area contributed by atoms with Crippen LogP contribution in [0.3, 0.4) is 0 Å². The SMILES string of the molecule is CC(=O)CC(=O)N1CCC(=O)CC1. The standard InChI is InChI=1S/C9H13NO3/c1-7(11)6-9(13)10-4-2-8(12)3-5-10/h2-6H2,1H3. The molecular weight excluding hydrogens is 170 g/mol. The van der Waals surface area contributed by atoms with Gasteiger partial charge in [0.05, 0.1) is 6.42 Å². The van der Waals surface area contributed by atoms with Gasteiger partial charge in [0.2, 0.25) is 5.91 Å². The molecular formula is C9H13NO3. The molecule has 0 aromatic carbocycles. The van der Waals surface area contributed by atoms with Crippen LogP contribution in [0.15, 0.2) is 0 Å². The Morgan fingerprint density at radius 3 is 2.31 bits per heavy atom. The molecule has 0 aromatic rings. The van der Waals surface area contributed by atoms with Gasteiger partial charge in [0.15, 0.2) is 0 Å². The molecule has 72 valence electrons. The van der Waals surface area contributed by atoms with Gasteiger partial charge in [0.1, 0.15) is 11.6 Å². The van der Waals surface area contributed by atoms with Gasteiger partial charge in [-0.15, -0.1) is 0 Å². The number of ketones is 2. The zero-order valence-electron chi connectivity index (χ0n) is 7.71. The summed E-state index contributed by atoms with van der Waals surface area (Å²) in [4.78, 5) is 34.4. The van der Waals surface area contributed by atoms with Crippen molar-refractivity contribution in [3.8, 4) is 0 Å². The van der Waals surface area contributed by atoms with Crippen molar-refractivity contribution in [3.63, 3.8) is 0 Å². The first kappa shape index (κ1) is 9.89. The molecule has 1 amide bonds. The Bertz CT molecular complexity index is 237. The highest BCUT2D eigenvalue weighted by molar-refractivity contribution is 5.97. The van der Waals surface area contributed by atoms with Gasteiger partial charge in [0.25, 0.3) is 0 Å². The van der Waals surface area contributed by atoms with E-state index in [1.807, 2.05) is 0 Å². The monoisotopic (exact) mass is 183 g/mol. The molecule has 0 aliphatic carbocycles. The molecule has 0 aromatic heterocycles. The fourth-order valence-corrected chi connectivity index (χ4v) is 1.33. The Hall–Kier alpha value is -1.19. The maximum Gasteiger partial charge on any atom is 0.230 e. The van der Waals surface area contributed by atoms with Gasteiger partial charge in [-0.2, -0.15) is 0 Å². The molecule has 1 aliphatic rings. The van der Waals surface area contributed by atoms with Crippen molar-refractivity contribution < 1.29 is 14.4 Å². The van der Waals surface area contributed by atoms with E-state index in [1.165, 1.54) is 6.92 Å². The topological polar surface area (TPSA) is 54.5 Å². The second-order valence-corrected chi connectivity index (χ2v) is 3.30. The van der Waals surface area contributed by atoms with Crippen LogP contribution >= 0.6 is 0 Å². The third kappa shape index (κ3) is 2.97. The molecule has 0 bridgehead atoms. The third-order valence-electron chi connectivity index (χ3n) is 2.07. The average molecular weight is 183 g/mol. The van der Waals surface area contributed by atoms with Crippen LogP contribution in [0, 0.1) is 0 Å². The van der Waals surface area contributed by atoms with Crippen LogP contribution in [0.1, 0.15) is 26.2 Å². The predicted molar refractivity (Wildman–Crippen MR) is 46.1 cm³/mol. The summed E-state index contributed by atoms with van der Waals surface area (Å²) < 4.78 is 0. The summed E-state index contributed by atoms with van der Waals surface area (Å²) in [6.45, 7) is 2.35. The van der Waals surface area contributed by atoms with Gasteiger partial charge in [-0.25, -0.2) is 0 Å². The molecule has 1 aliphatic heterocycles. The number of likely N-dealkylation sites (tertiary alicyclic amines) is 1. The minimum absolute atomic E-state index is 0.0335. The molecule has 0 saturated carbocycles. The third-order valence-corrected chi connectivity index (χ3v) is 2.07. The average Bonchev–Trinajstić information content (AvgIpc) is 2.04. The lowest BCUT2D eigenvalue weighted by atomic mass is 10.1. The summed E-state index contributed by atoms with van der Waals surface area (Å²) in [5, 5.41) is 0. The van der Waals surface area contributed by atoms with Crippen molar-refractivity contribution in [2.75, 3.05) is 13.1 Å². The molecule has 0 N–H and O–H groups in total. The van der Waals surface area contributed by atoms with E-state index in [2.05, 4.69) is 0 Å². The number of hydrogen-bond acceptors (Lipinski definition) is 3. The molecule has 0 radical (unpaired) electrons. The zero-order chi connectivity index (χ0) is 9.84. The van der Waals surface area contributed by atoms with E-state index >= 15 is 0 Å². The number of Topliss-reactive ketones (excluding diaryl/α,β-unsaturated/α-hetero) is 2. The Labute approximate surface area is 76.9 Å². The maximum atomic E-state index is 11.3. The van der Waals surface area contributed by atoms with Crippen molar-refractivity contribution in [2.45, 2.75) is 26.2 Å². The predicted octanol–water partition coefficient (Wildman–Crippen LogP) is 0.157. The summed E-state index contributed by atoms with van der Waals surface area (Å²) in [6.07, 6.45) is 0.835. The Balaban J connectivity index is 2.40. The van der Waals surface area contributed by atoms with Crippen LogP contribution in [0.5, 0.6) is 0 Å². The van der Waals surface area contributed by atoms with Crippen molar-refractivity contribution >= 4 is 17.5 Å². The largest absolute Gasteiger partial charge is 0.341 e. The van der Waals surface area contributed by atoms with Gasteiger partial charge in [-0.05, 0) is 6.92 Å². The summed E-state index contributed by atoms with van der Waals surface area (Å²) in [7, 11) is 0. The summed E-state index contributed by atoms with van der Waals surface area (Å²) in [6, 6.07) is 0. The molecule has 1 heterocycles. The summed E-state index contributed by atoms with van der Waals surface area (Å²) in [5.74, 6) is -0.0752. The Kier molecular flexibility index (Phi) is 3.17. The van der Waals surface area contributed by atoms with Gasteiger partial charge in [-0.3, -0.25) is 14.4 Å². The lowest BCUT2D eigenvalue weighted by Crippen LogP contribution is -2.39. The lowest BCUT2D eigenvalue weighted by Gasteiger charge is -2.25. The van der Waals surface area contributed by atoms with Gasteiger partial charge in [-0.1, -0.05) is 0 Å². The first-order valence-electron chi connectivity index (χ1n) is 4.38. The van der Waals surface area contributed by atoms with E-state index in [9.17, 15) is 14.4 Å². The number of carbonyl (C=O) groups is 3. The van der Waals surface area contributed by atoms with Gasteiger partial charge in [0, 0.05) is 25.9 Å². The van der Waals surface area contributed by atoms with Crippen molar-refractivity contribution in [2.24, 2.45) is 0 Å². The number of amides is 1. The highest BCUT2D eigenvalue weighted by Crippen LogP contribution is 2.07. The van der Waals surface area contributed by atoms with Crippen LogP contribution in [-0.4, -0.2) is 35.5 Å². The summed E-state index contributed by atoms with van der Waals surface area (Å²) >= 11 is 0. The molecule has 0 spiro atoms. The minimum Gasteiger partial charge on any atom is -0.341 e. The molecule has 0 unspecified atom stereocenters. The molecule has 4 nitrogen and oxygen atoms in total. The minimum atomic E-state index is -0.153. The van der Waals surface area contributed by atoms with Crippen molar-refractivity contribution in [3.05, 3.63) is 0 Å². The van der Waals surface area contributed by atoms with E-state index in [4.69, 9.17) is 0 Å². The first-order chi connectivity index (χ1) is 6.09. The molecule has 13 heavy (non-hydrogen) atoms. The van der Waals surface area contributed by atoms with Gasteiger partial charge >= 0.3 is 0 Å². The smallest absolute Gasteiger partial charge is 0.230 e. The molecule has 1 saturated heterocycles. The summed E-state index contributed by atoms with van der Waals surface area (Å²) in [5.41, 5.74) is 0. The van der Waals surface area contributed by atoms with E-state index in [0.29, 0.717) is 25.9 Å². The first-order valence-corrected chi connectivity index (χ1v) is 4.38. The normalized spacial score (nSPS) is 17.3. The van der Waals surface area contributed by atoms with Crippen LogP contribution in [0.25, 0.3) is 0 Å². The number of piperidine rings is 1. The number of rotatable bonds is 2. The van der Waals surface area contributed by atoms with Crippen LogP contribution in [0.4, 0.5) is 0 Å². The van der Waals surface area contributed by atoms with Crippen LogP contribution in [-0.2, 0) is 14.4 Å². The zero-order valence-corrected chi connectivity index (χ0v) is 7.71.